The van der Waals surface area contributed by atoms with E-state index in [0.29, 0.717) is 18.5 Å². The highest BCUT2D eigenvalue weighted by Crippen LogP contribution is 2.26. The van der Waals surface area contributed by atoms with Crippen LogP contribution in [0.25, 0.3) is 0 Å². The Morgan fingerprint density at radius 1 is 1.09 bits per heavy atom. The van der Waals surface area contributed by atoms with Crippen molar-refractivity contribution in [2.24, 2.45) is 5.92 Å². The van der Waals surface area contributed by atoms with E-state index in [1.165, 1.54) is 0 Å². The molecule has 6 heteroatoms. The lowest BCUT2D eigenvalue weighted by molar-refractivity contribution is -0.142. The van der Waals surface area contributed by atoms with Crippen molar-refractivity contribution in [1.82, 2.24) is 10.5 Å². The lowest BCUT2D eigenvalue weighted by Gasteiger charge is -2.22. The van der Waals surface area contributed by atoms with Crippen LogP contribution in [0.15, 0.2) is 4.52 Å². The summed E-state index contributed by atoms with van der Waals surface area (Å²) in [5.41, 5.74) is 1.26. The topological polar surface area (TPSA) is 92.4 Å². The molecule has 22 heavy (non-hydrogen) atoms. The van der Waals surface area contributed by atoms with Crippen LogP contribution in [-0.2, 0) is 17.6 Å². The monoisotopic (exact) mass is 306 g/mol. The number of aromatic nitrogens is 1. The lowest BCUT2D eigenvalue weighted by atomic mass is 9.93. The highest BCUT2D eigenvalue weighted by molar-refractivity contribution is 5.94. The van der Waals surface area contributed by atoms with Crippen molar-refractivity contribution in [1.29, 1.82) is 0 Å². The maximum Gasteiger partial charge on any atom is 0.308 e. The first-order valence-electron chi connectivity index (χ1n) is 8.18. The van der Waals surface area contributed by atoms with Crippen molar-refractivity contribution >= 4 is 11.9 Å². The fourth-order valence-electron chi connectivity index (χ4n) is 3.58. The van der Waals surface area contributed by atoms with E-state index >= 15 is 0 Å². The number of carbonyl (C=O) groups is 2. The number of rotatable bonds is 3. The molecule has 0 saturated heterocycles. The minimum atomic E-state index is -0.825. The van der Waals surface area contributed by atoms with Crippen molar-refractivity contribution in [2.45, 2.75) is 63.8 Å². The number of aliphatic carboxylic acids is 1. The summed E-state index contributed by atoms with van der Waals surface area (Å²) in [4.78, 5) is 23.9. The molecule has 3 rings (SSSR count). The first-order valence-corrected chi connectivity index (χ1v) is 8.18. The van der Waals surface area contributed by atoms with Gasteiger partial charge in [-0.2, -0.15) is 0 Å². The summed E-state index contributed by atoms with van der Waals surface area (Å²) >= 11 is 0. The number of amides is 1. The minimum absolute atomic E-state index is 0.287. The summed E-state index contributed by atoms with van der Waals surface area (Å²) in [6, 6.07) is -0.316. The van der Waals surface area contributed by atoms with Crippen molar-refractivity contribution in [3.8, 4) is 0 Å². The predicted octanol–water partition coefficient (Wildman–Crippen LogP) is 2.32. The Morgan fingerprint density at radius 3 is 2.68 bits per heavy atom. The molecule has 1 fully saturated rings. The van der Waals surface area contributed by atoms with Gasteiger partial charge in [0.25, 0.3) is 5.91 Å². The molecule has 2 aliphatic rings. The minimum Gasteiger partial charge on any atom is -0.481 e. The Labute approximate surface area is 129 Å². The molecular weight excluding hydrogens is 284 g/mol. The Hall–Kier alpha value is -1.85. The molecule has 0 spiro atoms. The van der Waals surface area contributed by atoms with E-state index in [-0.39, 0.29) is 11.9 Å². The van der Waals surface area contributed by atoms with E-state index in [4.69, 9.17) is 4.52 Å². The molecule has 0 aliphatic heterocycles. The SMILES string of the molecule is O=C(N[C@H]1CCCCC[C@H]1C(=O)O)c1noc2c1CCCC2. The molecule has 1 aromatic rings. The number of hydrogen-bond donors (Lipinski definition) is 2. The highest BCUT2D eigenvalue weighted by Gasteiger charge is 2.32. The molecular formula is C16H22N2O4. The van der Waals surface area contributed by atoms with Crippen LogP contribution in [0.5, 0.6) is 0 Å². The molecule has 1 amide bonds. The van der Waals surface area contributed by atoms with Crippen molar-refractivity contribution in [3.05, 3.63) is 17.0 Å². The van der Waals surface area contributed by atoms with Gasteiger partial charge in [0.15, 0.2) is 5.69 Å². The maximum absolute atomic E-state index is 12.5. The Kier molecular flexibility index (Phi) is 4.45. The van der Waals surface area contributed by atoms with E-state index in [1.54, 1.807) is 0 Å². The van der Waals surface area contributed by atoms with Crippen LogP contribution in [0.1, 0.15) is 66.8 Å². The van der Waals surface area contributed by atoms with Crippen LogP contribution in [-0.4, -0.2) is 28.2 Å². The molecule has 0 aromatic carbocycles. The van der Waals surface area contributed by atoms with Gasteiger partial charge in [0.1, 0.15) is 5.76 Å². The number of carboxylic acids is 1. The molecule has 2 N–H and O–H groups in total. The highest BCUT2D eigenvalue weighted by atomic mass is 16.5. The molecule has 1 aromatic heterocycles. The number of nitrogens with one attached hydrogen (secondary N) is 1. The zero-order chi connectivity index (χ0) is 15.5. The summed E-state index contributed by atoms with van der Waals surface area (Å²) in [6.45, 7) is 0. The van der Waals surface area contributed by atoms with Crippen LogP contribution >= 0.6 is 0 Å². The van der Waals surface area contributed by atoms with Gasteiger partial charge in [0.2, 0.25) is 0 Å². The first kappa shape index (κ1) is 15.1. The summed E-state index contributed by atoms with van der Waals surface area (Å²) in [5.74, 6) is -0.805. The van der Waals surface area contributed by atoms with Gasteiger partial charge >= 0.3 is 5.97 Å². The van der Waals surface area contributed by atoms with Gasteiger partial charge in [-0.15, -0.1) is 0 Å². The van der Waals surface area contributed by atoms with Gasteiger partial charge in [0.05, 0.1) is 5.92 Å². The van der Waals surface area contributed by atoms with Crippen LogP contribution in [0.2, 0.25) is 0 Å². The second-order valence-electron chi connectivity index (χ2n) is 6.30. The van der Waals surface area contributed by atoms with Gasteiger partial charge in [-0.1, -0.05) is 24.4 Å². The normalized spacial score (nSPS) is 25.1. The van der Waals surface area contributed by atoms with E-state index in [0.717, 1.165) is 56.3 Å². The fourth-order valence-corrected chi connectivity index (χ4v) is 3.58. The third-order valence-electron chi connectivity index (χ3n) is 4.81. The smallest absolute Gasteiger partial charge is 0.308 e. The Morgan fingerprint density at radius 2 is 1.86 bits per heavy atom. The third kappa shape index (κ3) is 3.00. The molecule has 120 valence electrons. The lowest BCUT2D eigenvalue weighted by Crippen LogP contribution is -2.43. The number of nitrogens with zero attached hydrogens (tertiary/aromatic N) is 1. The van der Waals surface area contributed by atoms with Gasteiger partial charge in [-0.25, -0.2) is 0 Å². The van der Waals surface area contributed by atoms with Crippen LogP contribution < -0.4 is 5.32 Å². The predicted molar refractivity (Wildman–Crippen MR) is 78.6 cm³/mol. The van der Waals surface area contributed by atoms with E-state index < -0.39 is 11.9 Å². The Balaban J connectivity index is 1.74. The largest absolute Gasteiger partial charge is 0.481 e. The molecule has 1 saturated carbocycles. The summed E-state index contributed by atoms with van der Waals surface area (Å²) < 4.78 is 5.27. The van der Waals surface area contributed by atoms with E-state index in [2.05, 4.69) is 10.5 Å². The second kappa shape index (κ2) is 6.50. The molecule has 1 heterocycles. The molecule has 2 atom stereocenters. The molecule has 2 aliphatic carbocycles. The zero-order valence-corrected chi connectivity index (χ0v) is 12.6. The van der Waals surface area contributed by atoms with Crippen molar-refractivity contribution < 1.29 is 19.2 Å². The number of aryl methyl sites for hydroxylation is 1. The Bertz CT molecular complexity index is 566. The molecule has 6 nitrogen and oxygen atoms in total. The van der Waals surface area contributed by atoms with Crippen LogP contribution in [0.3, 0.4) is 0 Å². The summed E-state index contributed by atoms with van der Waals surface area (Å²) in [7, 11) is 0. The zero-order valence-electron chi connectivity index (χ0n) is 12.6. The number of carboxylic acid groups (broad SMARTS) is 1. The van der Waals surface area contributed by atoms with Crippen molar-refractivity contribution in [3.63, 3.8) is 0 Å². The van der Waals surface area contributed by atoms with Gasteiger partial charge in [-0.3, -0.25) is 9.59 Å². The van der Waals surface area contributed by atoms with Gasteiger partial charge in [0, 0.05) is 18.0 Å². The first-order chi connectivity index (χ1) is 10.7. The standard InChI is InChI=1S/C16H22N2O4/c19-15(14-11-7-4-5-9-13(11)22-18-14)17-12-8-3-1-2-6-10(12)16(20)21/h10,12H,1-9H2,(H,17,19)(H,20,21)/t10-,12+/m1/s1. The quantitative estimate of drug-likeness (QED) is 0.836. The molecule has 0 unspecified atom stereocenters. The average molecular weight is 306 g/mol. The summed E-state index contributed by atoms with van der Waals surface area (Å²) in [6.07, 6.45) is 7.96. The van der Waals surface area contributed by atoms with Crippen LogP contribution in [0.4, 0.5) is 0 Å². The third-order valence-corrected chi connectivity index (χ3v) is 4.81. The van der Waals surface area contributed by atoms with Crippen LogP contribution in [0, 0.1) is 5.92 Å². The van der Waals surface area contributed by atoms with E-state index in [1.807, 2.05) is 0 Å². The van der Waals surface area contributed by atoms with Crippen molar-refractivity contribution in [2.75, 3.05) is 0 Å². The van der Waals surface area contributed by atoms with Gasteiger partial charge in [-0.05, 0) is 32.1 Å². The molecule has 0 bridgehead atoms. The number of hydrogen-bond acceptors (Lipinski definition) is 4. The summed E-state index contributed by atoms with van der Waals surface area (Å²) in [5, 5.41) is 16.2. The maximum atomic E-state index is 12.5. The van der Waals surface area contributed by atoms with Gasteiger partial charge < -0.3 is 14.9 Å². The number of fused-ring (bicyclic) bond motifs is 1. The average Bonchev–Trinajstić information content (AvgIpc) is 2.80. The van der Waals surface area contributed by atoms with E-state index in [9.17, 15) is 14.7 Å². The fraction of sp³-hybridized carbons (Fsp3) is 0.688. The second-order valence-corrected chi connectivity index (χ2v) is 6.30. The number of carbonyl (C=O) groups excluding carboxylic acids is 1. The molecule has 0 radical (unpaired) electrons.